The van der Waals surface area contributed by atoms with E-state index in [-0.39, 0.29) is 0 Å². The largest absolute Gasteiger partial charge is 0.320 e. The van der Waals surface area contributed by atoms with Crippen molar-refractivity contribution < 1.29 is 0 Å². The third kappa shape index (κ3) is 3.45. The van der Waals surface area contributed by atoms with Crippen LogP contribution >= 0.6 is 24.0 Å². The van der Waals surface area contributed by atoms with Gasteiger partial charge in [0.1, 0.15) is 5.82 Å². The monoisotopic (exact) mass is 280 g/mol. The first-order chi connectivity index (χ1) is 8.83. The van der Waals surface area contributed by atoms with Crippen LogP contribution in [0.3, 0.4) is 0 Å². The van der Waals surface area contributed by atoms with Gasteiger partial charge in [0.25, 0.3) is 0 Å². The van der Waals surface area contributed by atoms with Crippen LogP contribution < -0.4 is 4.90 Å². The van der Waals surface area contributed by atoms with Gasteiger partial charge in [-0.2, -0.15) is 11.8 Å². The van der Waals surface area contributed by atoms with Crippen LogP contribution in [0, 0.1) is 0 Å². The topological polar surface area (TPSA) is 16.1 Å². The van der Waals surface area contributed by atoms with Crippen molar-refractivity contribution in [2.75, 3.05) is 17.2 Å². The molecule has 1 atom stereocenters. The number of anilines is 1. The molecule has 0 aromatic carbocycles. The predicted molar refractivity (Wildman–Crippen MR) is 84.6 cm³/mol. The van der Waals surface area contributed by atoms with E-state index < -0.39 is 0 Å². The summed E-state index contributed by atoms with van der Waals surface area (Å²) in [4.78, 5) is 7.77. The molecule has 0 bridgehead atoms. The van der Waals surface area contributed by atoms with Gasteiger partial charge in [-0.05, 0) is 37.1 Å². The van der Waals surface area contributed by atoms with Crippen LogP contribution in [0.1, 0.15) is 32.6 Å². The average molecular weight is 280 g/mol. The van der Waals surface area contributed by atoms with Crippen LogP contribution in [0.4, 0.5) is 5.82 Å². The molecule has 1 aromatic rings. The molecule has 1 saturated heterocycles. The van der Waals surface area contributed by atoms with Crippen LogP contribution in [0.25, 0.3) is 0 Å². The second kappa shape index (κ2) is 7.10. The van der Waals surface area contributed by atoms with E-state index in [1.807, 2.05) is 30.1 Å². The summed E-state index contributed by atoms with van der Waals surface area (Å²) in [6.07, 6.45) is 6.70. The molecule has 1 fully saturated rings. The van der Waals surface area contributed by atoms with Gasteiger partial charge in [-0.3, -0.25) is 0 Å². The zero-order valence-electron chi connectivity index (χ0n) is 10.8. The molecule has 2 heterocycles. The van der Waals surface area contributed by atoms with Gasteiger partial charge >= 0.3 is 0 Å². The lowest BCUT2D eigenvalue weighted by molar-refractivity contribution is 0.783. The van der Waals surface area contributed by atoms with E-state index in [0.29, 0.717) is 5.25 Å². The first-order valence-corrected chi connectivity index (χ1v) is 8.12. The maximum absolute atomic E-state index is 5.70. The predicted octanol–water partition coefficient (Wildman–Crippen LogP) is 3.91. The number of pyridine rings is 1. The minimum absolute atomic E-state index is 0.513. The van der Waals surface area contributed by atoms with Gasteiger partial charge in [0.05, 0.1) is 10.2 Å². The van der Waals surface area contributed by atoms with E-state index in [4.69, 9.17) is 12.2 Å². The molecule has 1 unspecified atom stereocenters. The molecule has 0 saturated carbocycles. The second-order valence-electron chi connectivity index (χ2n) is 4.53. The number of rotatable bonds is 5. The summed E-state index contributed by atoms with van der Waals surface area (Å²) >= 11 is 7.69. The number of hydrogen-bond acceptors (Lipinski definition) is 3. The maximum Gasteiger partial charge on any atom is 0.133 e. The maximum atomic E-state index is 5.70. The summed E-state index contributed by atoms with van der Waals surface area (Å²) in [7, 11) is 0. The fourth-order valence-corrected chi connectivity index (χ4v) is 3.84. The third-order valence-corrected chi connectivity index (χ3v) is 5.17. The quantitative estimate of drug-likeness (QED) is 0.760. The van der Waals surface area contributed by atoms with Gasteiger partial charge in [-0.25, -0.2) is 4.98 Å². The highest BCUT2D eigenvalue weighted by Crippen LogP contribution is 2.30. The lowest BCUT2D eigenvalue weighted by Gasteiger charge is -2.27. The zero-order chi connectivity index (χ0) is 12.8. The van der Waals surface area contributed by atoms with Crippen molar-refractivity contribution in [3.05, 3.63) is 24.4 Å². The van der Waals surface area contributed by atoms with Gasteiger partial charge in [0.15, 0.2) is 0 Å². The molecule has 2 rings (SSSR count). The Morgan fingerprint density at radius 3 is 3.06 bits per heavy atom. The van der Waals surface area contributed by atoms with Crippen LogP contribution in [0.15, 0.2) is 24.4 Å². The van der Waals surface area contributed by atoms with Gasteiger partial charge in [0, 0.05) is 12.7 Å². The molecule has 98 valence electrons. The fourth-order valence-electron chi connectivity index (χ4n) is 2.11. The third-order valence-electron chi connectivity index (χ3n) is 3.13. The lowest BCUT2D eigenvalue weighted by atomic mass is 10.2. The zero-order valence-corrected chi connectivity index (χ0v) is 12.5. The highest BCUT2D eigenvalue weighted by atomic mass is 32.2. The fraction of sp³-hybridized carbons (Fsp3) is 0.571. The number of aromatic nitrogens is 1. The Bertz CT molecular complexity index is 375. The Labute approximate surface area is 119 Å². The Hall–Kier alpha value is -0.610. The molecule has 0 spiro atoms. The summed E-state index contributed by atoms with van der Waals surface area (Å²) < 4.78 is 0. The van der Waals surface area contributed by atoms with Crippen LogP contribution in [0.2, 0.25) is 0 Å². The number of thioether (sulfide) groups is 1. The molecule has 0 amide bonds. The number of thiocarbonyl (C=S) groups is 1. The molecule has 0 aliphatic carbocycles. The minimum atomic E-state index is 0.513. The molecule has 0 N–H and O–H groups in total. The van der Waals surface area contributed by atoms with E-state index in [9.17, 15) is 0 Å². The summed E-state index contributed by atoms with van der Waals surface area (Å²) in [5.41, 5.74) is 0. The van der Waals surface area contributed by atoms with Gasteiger partial charge in [-0.15, -0.1) is 0 Å². The Kier molecular flexibility index (Phi) is 5.45. The summed E-state index contributed by atoms with van der Waals surface area (Å²) in [5, 5.41) is 0.513. The van der Waals surface area contributed by atoms with Crippen molar-refractivity contribution in [2.45, 2.75) is 37.9 Å². The highest BCUT2D eigenvalue weighted by Gasteiger charge is 2.25. The molecule has 1 aromatic heterocycles. The van der Waals surface area contributed by atoms with Crippen LogP contribution in [-0.4, -0.2) is 27.5 Å². The molecule has 2 nitrogen and oxygen atoms in total. The number of unbranched alkanes of at least 4 members (excludes halogenated alkanes) is 1. The smallest absolute Gasteiger partial charge is 0.133 e. The van der Waals surface area contributed by atoms with Crippen molar-refractivity contribution >= 4 is 34.8 Å². The molecular weight excluding hydrogens is 260 g/mol. The number of nitrogens with zero attached hydrogens (tertiary/aromatic N) is 2. The van der Waals surface area contributed by atoms with Crippen molar-refractivity contribution in [1.29, 1.82) is 0 Å². The van der Waals surface area contributed by atoms with E-state index in [1.54, 1.807) is 0 Å². The molecule has 1 aliphatic rings. The summed E-state index contributed by atoms with van der Waals surface area (Å²) in [6.45, 7) is 3.20. The van der Waals surface area contributed by atoms with Crippen LogP contribution in [-0.2, 0) is 0 Å². The first-order valence-electron chi connectivity index (χ1n) is 6.67. The molecule has 4 heteroatoms. The van der Waals surface area contributed by atoms with Gasteiger partial charge < -0.3 is 4.90 Å². The van der Waals surface area contributed by atoms with Crippen molar-refractivity contribution in [2.24, 2.45) is 0 Å². The van der Waals surface area contributed by atoms with Crippen molar-refractivity contribution in [3.8, 4) is 0 Å². The minimum Gasteiger partial charge on any atom is -0.320 e. The molecule has 18 heavy (non-hydrogen) atoms. The molecule has 0 radical (unpaired) electrons. The van der Waals surface area contributed by atoms with E-state index in [1.165, 1.54) is 25.0 Å². The van der Waals surface area contributed by atoms with Crippen LogP contribution in [0.5, 0.6) is 0 Å². The Morgan fingerprint density at radius 2 is 2.44 bits per heavy atom. The Balaban J connectivity index is 2.11. The SMILES string of the molecule is CCCCN(C(=S)C1CCCS1)c1ccccn1. The lowest BCUT2D eigenvalue weighted by Crippen LogP contribution is -2.36. The molecular formula is C14H20N2S2. The van der Waals surface area contributed by atoms with E-state index >= 15 is 0 Å². The number of hydrogen-bond donors (Lipinski definition) is 0. The molecule has 1 aliphatic heterocycles. The van der Waals surface area contributed by atoms with Crippen molar-refractivity contribution in [3.63, 3.8) is 0 Å². The normalized spacial score (nSPS) is 18.8. The summed E-state index contributed by atoms with van der Waals surface area (Å²) in [5.74, 6) is 2.25. The van der Waals surface area contributed by atoms with Crippen molar-refractivity contribution in [1.82, 2.24) is 4.98 Å². The van der Waals surface area contributed by atoms with E-state index in [0.717, 1.165) is 23.8 Å². The summed E-state index contributed by atoms with van der Waals surface area (Å²) in [6, 6.07) is 6.04. The Morgan fingerprint density at radius 1 is 1.56 bits per heavy atom. The van der Waals surface area contributed by atoms with Gasteiger partial charge in [0.2, 0.25) is 0 Å². The first kappa shape index (κ1) is 13.8. The second-order valence-corrected chi connectivity index (χ2v) is 6.26. The van der Waals surface area contributed by atoms with Gasteiger partial charge in [-0.1, -0.05) is 31.6 Å². The standard InChI is InChI=1S/C14H20N2S2/c1-2-3-10-16(13-8-4-5-9-15-13)14(17)12-7-6-11-18-12/h4-5,8-9,12H,2-3,6-7,10-11H2,1H3. The van der Waals surface area contributed by atoms with E-state index in [2.05, 4.69) is 22.9 Å². The average Bonchev–Trinajstić information content (AvgIpc) is 2.94. The highest BCUT2D eigenvalue weighted by molar-refractivity contribution is 8.02.